The Hall–Kier alpha value is -0.860. The SMILES string of the molecule is Cc1cc(C)c(C(C)NCC2CCCC2CO)cc1C. The maximum Gasteiger partial charge on any atom is 0.0462 e. The molecule has 2 N–H and O–H groups in total. The highest BCUT2D eigenvalue weighted by Gasteiger charge is 2.26. The molecule has 1 aromatic carbocycles. The first-order chi connectivity index (χ1) is 9.52. The van der Waals surface area contributed by atoms with Gasteiger partial charge in [0, 0.05) is 12.6 Å². The molecule has 0 heterocycles. The van der Waals surface area contributed by atoms with Crippen LogP contribution in [0.3, 0.4) is 0 Å². The summed E-state index contributed by atoms with van der Waals surface area (Å²) < 4.78 is 0. The number of hydrogen-bond acceptors (Lipinski definition) is 2. The molecule has 2 heteroatoms. The zero-order valence-corrected chi connectivity index (χ0v) is 13.4. The third-order valence-electron chi connectivity index (χ3n) is 5.09. The molecule has 3 unspecified atom stereocenters. The van der Waals surface area contributed by atoms with E-state index in [2.05, 4.69) is 45.1 Å². The van der Waals surface area contributed by atoms with Gasteiger partial charge in [-0.1, -0.05) is 18.6 Å². The maximum absolute atomic E-state index is 9.40. The summed E-state index contributed by atoms with van der Waals surface area (Å²) in [6, 6.07) is 4.99. The van der Waals surface area contributed by atoms with E-state index in [1.165, 1.54) is 41.5 Å². The van der Waals surface area contributed by atoms with Crippen LogP contribution in [0.2, 0.25) is 0 Å². The summed E-state index contributed by atoms with van der Waals surface area (Å²) in [6.07, 6.45) is 3.73. The van der Waals surface area contributed by atoms with E-state index in [4.69, 9.17) is 0 Å². The first-order valence-electron chi connectivity index (χ1n) is 7.95. The average Bonchev–Trinajstić information content (AvgIpc) is 2.87. The van der Waals surface area contributed by atoms with Gasteiger partial charge in [-0.25, -0.2) is 0 Å². The lowest BCUT2D eigenvalue weighted by molar-refractivity contribution is 0.190. The number of aliphatic hydroxyl groups excluding tert-OH is 1. The van der Waals surface area contributed by atoms with Crippen LogP contribution in [0.15, 0.2) is 12.1 Å². The number of nitrogens with one attached hydrogen (secondary N) is 1. The Morgan fingerprint density at radius 1 is 1.10 bits per heavy atom. The van der Waals surface area contributed by atoms with E-state index in [0.717, 1.165) is 6.54 Å². The molecular weight excluding hydrogens is 246 g/mol. The smallest absolute Gasteiger partial charge is 0.0462 e. The van der Waals surface area contributed by atoms with E-state index >= 15 is 0 Å². The third-order valence-corrected chi connectivity index (χ3v) is 5.09. The van der Waals surface area contributed by atoms with Crippen LogP contribution in [0.1, 0.15) is 54.5 Å². The molecule has 0 bridgehead atoms. The monoisotopic (exact) mass is 275 g/mol. The van der Waals surface area contributed by atoms with Gasteiger partial charge >= 0.3 is 0 Å². The van der Waals surface area contributed by atoms with Gasteiger partial charge in [0.1, 0.15) is 0 Å². The molecule has 1 saturated carbocycles. The lowest BCUT2D eigenvalue weighted by atomic mass is 9.94. The van der Waals surface area contributed by atoms with E-state index in [-0.39, 0.29) is 0 Å². The Kier molecular flexibility index (Phi) is 5.22. The number of aliphatic hydroxyl groups is 1. The van der Waals surface area contributed by atoms with Crippen molar-refractivity contribution in [1.29, 1.82) is 0 Å². The summed E-state index contributed by atoms with van der Waals surface area (Å²) >= 11 is 0. The van der Waals surface area contributed by atoms with Crippen molar-refractivity contribution < 1.29 is 5.11 Å². The van der Waals surface area contributed by atoms with E-state index in [9.17, 15) is 5.11 Å². The number of aryl methyl sites for hydroxylation is 3. The maximum atomic E-state index is 9.40. The molecule has 20 heavy (non-hydrogen) atoms. The average molecular weight is 275 g/mol. The van der Waals surface area contributed by atoms with Gasteiger partial charge in [-0.15, -0.1) is 0 Å². The minimum Gasteiger partial charge on any atom is -0.396 e. The zero-order valence-electron chi connectivity index (χ0n) is 13.4. The second-order valence-electron chi connectivity index (χ2n) is 6.56. The van der Waals surface area contributed by atoms with Crippen LogP contribution in [0, 0.1) is 32.6 Å². The Balaban J connectivity index is 1.98. The first kappa shape index (κ1) is 15.5. The summed E-state index contributed by atoms with van der Waals surface area (Å²) in [5.74, 6) is 1.16. The molecule has 0 amide bonds. The highest BCUT2D eigenvalue weighted by Crippen LogP contribution is 2.31. The Bertz CT molecular complexity index is 455. The minimum absolute atomic E-state index is 0.351. The van der Waals surface area contributed by atoms with Crippen LogP contribution >= 0.6 is 0 Å². The molecule has 0 saturated heterocycles. The van der Waals surface area contributed by atoms with Gasteiger partial charge in [0.05, 0.1) is 0 Å². The molecule has 0 radical (unpaired) electrons. The van der Waals surface area contributed by atoms with Gasteiger partial charge in [0.25, 0.3) is 0 Å². The predicted octanol–water partition coefficient (Wildman–Crippen LogP) is 3.67. The highest BCUT2D eigenvalue weighted by atomic mass is 16.3. The fraction of sp³-hybridized carbons (Fsp3) is 0.667. The number of benzene rings is 1. The van der Waals surface area contributed by atoms with Gasteiger partial charge in [0.15, 0.2) is 0 Å². The molecule has 0 aromatic heterocycles. The number of rotatable bonds is 5. The molecule has 0 spiro atoms. The molecule has 0 aliphatic heterocycles. The van der Waals surface area contributed by atoms with Crippen LogP contribution in [-0.2, 0) is 0 Å². The van der Waals surface area contributed by atoms with Gasteiger partial charge in [-0.05, 0) is 81.2 Å². The van der Waals surface area contributed by atoms with E-state index in [1.807, 2.05) is 0 Å². The Morgan fingerprint density at radius 2 is 1.75 bits per heavy atom. The fourth-order valence-electron chi connectivity index (χ4n) is 3.51. The van der Waals surface area contributed by atoms with Crippen LogP contribution in [0.25, 0.3) is 0 Å². The lowest BCUT2D eigenvalue weighted by Crippen LogP contribution is -2.29. The summed E-state index contributed by atoms with van der Waals surface area (Å²) in [6.45, 7) is 10.2. The normalized spacial score (nSPS) is 24.1. The molecule has 3 atom stereocenters. The first-order valence-corrected chi connectivity index (χ1v) is 7.95. The van der Waals surface area contributed by atoms with Crippen molar-refractivity contribution in [3.05, 3.63) is 34.4 Å². The minimum atomic E-state index is 0.351. The summed E-state index contributed by atoms with van der Waals surface area (Å²) in [7, 11) is 0. The molecule has 112 valence electrons. The summed E-state index contributed by atoms with van der Waals surface area (Å²) in [5, 5.41) is 13.1. The highest BCUT2D eigenvalue weighted by molar-refractivity contribution is 5.38. The van der Waals surface area contributed by atoms with Crippen molar-refractivity contribution in [2.24, 2.45) is 11.8 Å². The summed E-state index contributed by atoms with van der Waals surface area (Å²) in [5.41, 5.74) is 5.52. The van der Waals surface area contributed by atoms with E-state index < -0.39 is 0 Å². The molecule has 2 nitrogen and oxygen atoms in total. The van der Waals surface area contributed by atoms with Crippen molar-refractivity contribution in [2.75, 3.05) is 13.2 Å². The Labute approximate surface area is 123 Å². The largest absolute Gasteiger partial charge is 0.396 e. The van der Waals surface area contributed by atoms with Crippen LogP contribution < -0.4 is 5.32 Å². The van der Waals surface area contributed by atoms with Crippen molar-refractivity contribution in [3.63, 3.8) is 0 Å². The topological polar surface area (TPSA) is 32.3 Å². The van der Waals surface area contributed by atoms with Crippen molar-refractivity contribution in [1.82, 2.24) is 5.32 Å². The molecule has 1 fully saturated rings. The van der Waals surface area contributed by atoms with Crippen molar-refractivity contribution in [3.8, 4) is 0 Å². The second kappa shape index (κ2) is 6.73. The standard InChI is InChI=1S/C18H29NO/c1-12-8-14(3)18(9-13(12)2)15(4)19-10-16-6-5-7-17(16)11-20/h8-9,15-17,19-20H,5-7,10-11H2,1-4H3. The van der Waals surface area contributed by atoms with Crippen molar-refractivity contribution in [2.45, 2.75) is 53.0 Å². The van der Waals surface area contributed by atoms with Gasteiger partial charge in [-0.2, -0.15) is 0 Å². The van der Waals surface area contributed by atoms with Gasteiger partial charge < -0.3 is 10.4 Å². The molecule has 1 aliphatic carbocycles. The van der Waals surface area contributed by atoms with Gasteiger partial charge in [-0.3, -0.25) is 0 Å². The molecule has 1 aliphatic rings. The molecular formula is C18H29NO. The quantitative estimate of drug-likeness (QED) is 0.859. The third kappa shape index (κ3) is 3.42. The second-order valence-corrected chi connectivity index (χ2v) is 6.56. The van der Waals surface area contributed by atoms with E-state index in [0.29, 0.717) is 24.5 Å². The lowest BCUT2D eigenvalue weighted by Gasteiger charge is -2.23. The predicted molar refractivity (Wildman–Crippen MR) is 85.0 cm³/mol. The molecule has 2 rings (SSSR count). The molecule has 1 aromatic rings. The summed E-state index contributed by atoms with van der Waals surface area (Å²) in [4.78, 5) is 0. The zero-order chi connectivity index (χ0) is 14.7. The van der Waals surface area contributed by atoms with E-state index in [1.54, 1.807) is 0 Å². The van der Waals surface area contributed by atoms with Crippen LogP contribution in [0.5, 0.6) is 0 Å². The Morgan fingerprint density at radius 3 is 2.45 bits per heavy atom. The van der Waals surface area contributed by atoms with Crippen molar-refractivity contribution >= 4 is 0 Å². The van der Waals surface area contributed by atoms with Crippen LogP contribution in [-0.4, -0.2) is 18.3 Å². The fourth-order valence-corrected chi connectivity index (χ4v) is 3.51. The number of hydrogen-bond donors (Lipinski definition) is 2. The van der Waals surface area contributed by atoms with Crippen LogP contribution in [0.4, 0.5) is 0 Å². The van der Waals surface area contributed by atoms with Gasteiger partial charge in [0.2, 0.25) is 0 Å².